The van der Waals surface area contributed by atoms with Crippen LogP contribution in [0, 0.1) is 0 Å². The molecule has 1 saturated carbocycles. The molecule has 0 bridgehead atoms. The third-order valence-electron chi connectivity index (χ3n) is 3.79. The maximum Gasteiger partial charge on any atom is 0.222 e. The van der Waals surface area contributed by atoms with E-state index in [0.29, 0.717) is 12.0 Å². The van der Waals surface area contributed by atoms with Crippen LogP contribution in [0.2, 0.25) is 0 Å². The van der Waals surface area contributed by atoms with Crippen molar-refractivity contribution in [3.8, 4) is 11.1 Å². The van der Waals surface area contributed by atoms with Crippen molar-refractivity contribution in [3.05, 3.63) is 42.7 Å². The van der Waals surface area contributed by atoms with Crippen LogP contribution in [0.25, 0.3) is 11.1 Å². The highest BCUT2D eigenvalue weighted by Crippen LogP contribution is 2.22. The van der Waals surface area contributed by atoms with Gasteiger partial charge in [-0.1, -0.05) is 30.3 Å². The van der Waals surface area contributed by atoms with Gasteiger partial charge in [0.25, 0.3) is 0 Å². The van der Waals surface area contributed by atoms with E-state index in [-0.39, 0.29) is 6.10 Å². The molecule has 0 saturated heterocycles. The Bertz CT molecular complexity index is 533. The lowest BCUT2D eigenvalue weighted by molar-refractivity contribution is 0.126. The van der Waals surface area contributed by atoms with Crippen molar-refractivity contribution < 1.29 is 5.11 Å². The molecule has 0 aliphatic heterocycles. The van der Waals surface area contributed by atoms with Crippen molar-refractivity contribution in [2.24, 2.45) is 0 Å². The molecule has 1 aromatic heterocycles. The average Bonchev–Trinajstić information content (AvgIpc) is 2.51. The highest BCUT2D eigenvalue weighted by molar-refractivity contribution is 5.61. The summed E-state index contributed by atoms with van der Waals surface area (Å²) >= 11 is 0. The molecule has 0 amide bonds. The van der Waals surface area contributed by atoms with Crippen molar-refractivity contribution >= 4 is 5.95 Å². The molecule has 20 heavy (non-hydrogen) atoms. The van der Waals surface area contributed by atoms with Gasteiger partial charge < -0.3 is 10.4 Å². The number of aliphatic hydroxyl groups is 1. The van der Waals surface area contributed by atoms with Crippen LogP contribution >= 0.6 is 0 Å². The van der Waals surface area contributed by atoms with Crippen molar-refractivity contribution in [3.63, 3.8) is 0 Å². The van der Waals surface area contributed by atoms with E-state index < -0.39 is 0 Å². The van der Waals surface area contributed by atoms with Crippen LogP contribution in [-0.2, 0) is 0 Å². The first kappa shape index (κ1) is 13.1. The molecule has 4 nitrogen and oxygen atoms in total. The third kappa shape index (κ3) is 3.14. The fourth-order valence-corrected chi connectivity index (χ4v) is 2.58. The highest BCUT2D eigenvalue weighted by Gasteiger charge is 2.19. The molecule has 4 heteroatoms. The van der Waals surface area contributed by atoms with E-state index in [9.17, 15) is 5.11 Å². The highest BCUT2D eigenvalue weighted by atomic mass is 16.3. The Hall–Kier alpha value is -1.94. The van der Waals surface area contributed by atoms with Gasteiger partial charge in [-0.25, -0.2) is 9.97 Å². The van der Waals surface area contributed by atoms with Crippen LogP contribution in [-0.4, -0.2) is 27.2 Å². The topological polar surface area (TPSA) is 58.0 Å². The number of aliphatic hydroxyl groups excluding tert-OH is 1. The smallest absolute Gasteiger partial charge is 0.222 e. The van der Waals surface area contributed by atoms with Gasteiger partial charge in [0, 0.05) is 24.0 Å². The number of hydrogen-bond donors (Lipinski definition) is 2. The zero-order valence-electron chi connectivity index (χ0n) is 11.4. The Morgan fingerprint density at radius 3 is 2.20 bits per heavy atom. The van der Waals surface area contributed by atoms with Crippen LogP contribution in [0.15, 0.2) is 42.7 Å². The molecule has 104 valence electrons. The van der Waals surface area contributed by atoms with Gasteiger partial charge in [0.1, 0.15) is 0 Å². The van der Waals surface area contributed by atoms with Gasteiger partial charge in [0.2, 0.25) is 5.95 Å². The van der Waals surface area contributed by atoms with E-state index in [1.807, 2.05) is 42.7 Å². The first-order valence-electron chi connectivity index (χ1n) is 7.13. The average molecular weight is 269 g/mol. The largest absolute Gasteiger partial charge is 0.393 e. The summed E-state index contributed by atoms with van der Waals surface area (Å²) in [5.41, 5.74) is 2.15. The van der Waals surface area contributed by atoms with Crippen molar-refractivity contribution in [1.82, 2.24) is 9.97 Å². The zero-order chi connectivity index (χ0) is 13.8. The molecule has 1 aliphatic rings. The number of aromatic nitrogens is 2. The maximum atomic E-state index is 9.50. The summed E-state index contributed by atoms with van der Waals surface area (Å²) in [7, 11) is 0. The van der Waals surface area contributed by atoms with Crippen LogP contribution in [0.3, 0.4) is 0 Å². The number of hydrogen-bond acceptors (Lipinski definition) is 4. The minimum atomic E-state index is -0.130. The second kappa shape index (κ2) is 6.01. The molecule has 2 N–H and O–H groups in total. The van der Waals surface area contributed by atoms with Crippen LogP contribution < -0.4 is 5.32 Å². The van der Waals surface area contributed by atoms with Gasteiger partial charge >= 0.3 is 0 Å². The van der Waals surface area contributed by atoms with Crippen molar-refractivity contribution in [1.29, 1.82) is 0 Å². The predicted octanol–water partition coefficient (Wildman–Crippen LogP) is 2.86. The van der Waals surface area contributed by atoms with Gasteiger partial charge in [-0.3, -0.25) is 0 Å². The molecule has 3 rings (SSSR count). The van der Waals surface area contributed by atoms with Gasteiger partial charge in [0.15, 0.2) is 0 Å². The van der Waals surface area contributed by atoms with E-state index in [0.717, 1.165) is 36.8 Å². The van der Waals surface area contributed by atoms with Gasteiger partial charge in [0.05, 0.1) is 6.10 Å². The molecule has 0 radical (unpaired) electrons. The number of nitrogens with one attached hydrogen (secondary N) is 1. The standard InChI is InChI=1S/C16H19N3O/c20-15-8-6-14(7-9-15)19-16-17-10-13(11-18-16)12-4-2-1-3-5-12/h1-5,10-11,14-15,20H,6-9H2,(H,17,18,19)/t14-,15-. The lowest BCUT2D eigenvalue weighted by Gasteiger charge is -2.26. The summed E-state index contributed by atoms with van der Waals surface area (Å²) in [4.78, 5) is 8.77. The minimum Gasteiger partial charge on any atom is -0.393 e. The molecule has 2 aromatic rings. The summed E-state index contributed by atoms with van der Waals surface area (Å²) < 4.78 is 0. The molecule has 0 unspecified atom stereocenters. The lowest BCUT2D eigenvalue weighted by atomic mass is 9.93. The normalized spacial score (nSPS) is 22.4. The summed E-state index contributed by atoms with van der Waals surface area (Å²) in [6.07, 6.45) is 7.24. The number of nitrogens with zero attached hydrogens (tertiary/aromatic N) is 2. The lowest BCUT2D eigenvalue weighted by Crippen LogP contribution is -2.28. The van der Waals surface area contributed by atoms with E-state index in [1.54, 1.807) is 0 Å². The monoisotopic (exact) mass is 269 g/mol. The Morgan fingerprint density at radius 1 is 0.900 bits per heavy atom. The first-order chi connectivity index (χ1) is 9.81. The second-order valence-corrected chi connectivity index (χ2v) is 5.31. The van der Waals surface area contributed by atoms with Crippen molar-refractivity contribution in [2.75, 3.05) is 5.32 Å². The first-order valence-corrected chi connectivity index (χ1v) is 7.13. The summed E-state index contributed by atoms with van der Waals surface area (Å²) in [6, 6.07) is 10.5. The maximum absolute atomic E-state index is 9.50. The van der Waals surface area contributed by atoms with E-state index in [4.69, 9.17) is 0 Å². The number of anilines is 1. The van der Waals surface area contributed by atoms with Crippen molar-refractivity contribution in [2.45, 2.75) is 37.8 Å². The predicted molar refractivity (Wildman–Crippen MR) is 79.4 cm³/mol. The minimum absolute atomic E-state index is 0.130. The van der Waals surface area contributed by atoms with Gasteiger partial charge in [-0.15, -0.1) is 0 Å². The fraction of sp³-hybridized carbons (Fsp3) is 0.375. The third-order valence-corrected chi connectivity index (χ3v) is 3.79. The molecular weight excluding hydrogens is 250 g/mol. The van der Waals surface area contributed by atoms with Gasteiger partial charge in [-0.05, 0) is 31.2 Å². The molecule has 0 spiro atoms. The quantitative estimate of drug-likeness (QED) is 0.899. The number of benzene rings is 1. The molecule has 1 aliphatic carbocycles. The number of rotatable bonds is 3. The van der Waals surface area contributed by atoms with E-state index in [1.165, 1.54) is 0 Å². The zero-order valence-corrected chi connectivity index (χ0v) is 11.4. The molecular formula is C16H19N3O. The summed E-state index contributed by atoms with van der Waals surface area (Å²) in [5.74, 6) is 0.672. The summed E-state index contributed by atoms with van der Waals surface area (Å²) in [6.45, 7) is 0. The molecule has 1 fully saturated rings. The Kier molecular flexibility index (Phi) is 3.92. The summed E-state index contributed by atoms with van der Waals surface area (Å²) in [5, 5.41) is 12.8. The van der Waals surface area contributed by atoms with E-state index in [2.05, 4.69) is 15.3 Å². The molecule has 0 atom stereocenters. The Morgan fingerprint density at radius 2 is 1.55 bits per heavy atom. The van der Waals surface area contributed by atoms with Gasteiger partial charge in [-0.2, -0.15) is 0 Å². The Labute approximate surface area is 118 Å². The van der Waals surface area contributed by atoms with E-state index >= 15 is 0 Å². The van der Waals surface area contributed by atoms with Crippen LogP contribution in [0.4, 0.5) is 5.95 Å². The van der Waals surface area contributed by atoms with Crippen LogP contribution in [0.5, 0.6) is 0 Å². The second-order valence-electron chi connectivity index (χ2n) is 5.31. The fourth-order valence-electron chi connectivity index (χ4n) is 2.58. The van der Waals surface area contributed by atoms with Crippen LogP contribution in [0.1, 0.15) is 25.7 Å². The molecule has 1 aromatic carbocycles. The molecule has 1 heterocycles. The SMILES string of the molecule is O[C@H]1CC[C@H](Nc2ncc(-c3ccccc3)cn2)CC1. The Balaban J connectivity index is 1.65.